The van der Waals surface area contributed by atoms with Crippen LogP contribution in [0.15, 0.2) is 42.5 Å². The van der Waals surface area contributed by atoms with Crippen LogP contribution in [0, 0.1) is 15.9 Å². The topological polar surface area (TPSA) is 69.4 Å². The Hall–Kier alpha value is -2.76. The van der Waals surface area contributed by atoms with E-state index in [2.05, 4.69) is 0 Å². The van der Waals surface area contributed by atoms with Gasteiger partial charge in [0.05, 0.1) is 16.1 Å². The fraction of sp³-hybridized carbons (Fsp3) is 0.0714. The number of nitro groups is 1. The second-order valence-electron chi connectivity index (χ2n) is 3.97. The molecular weight excluding hydrogens is 265 g/mol. The highest BCUT2D eigenvalue weighted by atomic mass is 19.1. The van der Waals surface area contributed by atoms with Crippen molar-refractivity contribution in [2.75, 3.05) is 0 Å². The maximum atomic E-state index is 13.1. The second kappa shape index (κ2) is 5.92. The minimum absolute atomic E-state index is 0.107. The summed E-state index contributed by atoms with van der Waals surface area (Å²) >= 11 is 0. The molecule has 0 spiro atoms. The Balaban J connectivity index is 2.24. The molecule has 20 heavy (non-hydrogen) atoms. The van der Waals surface area contributed by atoms with E-state index in [0.29, 0.717) is 17.6 Å². The van der Waals surface area contributed by atoms with Crippen LogP contribution < -0.4 is 4.74 Å². The second-order valence-corrected chi connectivity index (χ2v) is 3.97. The van der Waals surface area contributed by atoms with Crippen LogP contribution in [0.4, 0.5) is 10.1 Å². The van der Waals surface area contributed by atoms with Gasteiger partial charge in [-0.2, -0.15) is 0 Å². The Kier molecular flexibility index (Phi) is 4.05. The zero-order chi connectivity index (χ0) is 14.5. The minimum atomic E-state index is -0.607. The predicted octanol–water partition coefficient (Wildman–Crippen LogP) is 3.13. The van der Waals surface area contributed by atoms with E-state index in [1.807, 2.05) is 0 Å². The number of rotatable bonds is 5. The molecule has 0 heterocycles. The van der Waals surface area contributed by atoms with Gasteiger partial charge < -0.3 is 4.74 Å². The van der Waals surface area contributed by atoms with Crippen molar-refractivity contribution in [3.63, 3.8) is 0 Å². The number of halogens is 1. The number of hydrogen-bond acceptors (Lipinski definition) is 4. The smallest absolute Gasteiger partial charge is 0.276 e. The van der Waals surface area contributed by atoms with Crippen molar-refractivity contribution in [1.29, 1.82) is 0 Å². The molecule has 0 aliphatic heterocycles. The molecule has 6 heteroatoms. The van der Waals surface area contributed by atoms with Crippen molar-refractivity contribution in [2.24, 2.45) is 0 Å². The van der Waals surface area contributed by atoms with Crippen molar-refractivity contribution < 1.29 is 18.8 Å². The Morgan fingerprint density at radius 2 is 2.00 bits per heavy atom. The third-order valence-electron chi connectivity index (χ3n) is 2.67. The van der Waals surface area contributed by atoms with Gasteiger partial charge in [-0.05, 0) is 24.3 Å². The molecule has 0 aromatic heterocycles. The van der Waals surface area contributed by atoms with E-state index in [9.17, 15) is 19.3 Å². The number of aldehydes is 1. The maximum Gasteiger partial charge on any atom is 0.276 e. The number of ether oxygens (including phenoxy) is 1. The Bertz CT molecular complexity index is 657. The molecule has 5 nitrogen and oxygen atoms in total. The average Bonchev–Trinajstić information content (AvgIpc) is 2.45. The summed E-state index contributed by atoms with van der Waals surface area (Å²) in [4.78, 5) is 21.1. The number of nitrogens with zero attached hydrogens (tertiary/aromatic N) is 1. The summed E-state index contributed by atoms with van der Waals surface area (Å²) in [7, 11) is 0. The number of benzene rings is 2. The summed E-state index contributed by atoms with van der Waals surface area (Å²) < 4.78 is 18.5. The molecule has 0 amide bonds. The first-order chi connectivity index (χ1) is 9.61. The fourth-order valence-electron chi connectivity index (χ4n) is 1.71. The quantitative estimate of drug-likeness (QED) is 0.477. The Morgan fingerprint density at radius 3 is 2.70 bits per heavy atom. The largest absolute Gasteiger partial charge is 0.488 e. The van der Waals surface area contributed by atoms with E-state index < -0.39 is 10.7 Å². The lowest BCUT2D eigenvalue weighted by molar-refractivity contribution is -0.385. The highest BCUT2D eigenvalue weighted by Crippen LogP contribution is 2.23. The van der Waals surface area contributed by atoms with Gasteiger partial charge in [-0.1, -0.05) is 12.1 Å². The van der Waals surface area contributed by atoms with Crippen molar-refractivity contribution in [3.8, 4) is 5.75 Å². The predicted molar refractivity (Wildman–Crippen MR) is 69.2 cm³/mol. The van der Waals surface area contributed by atoms with Crippen molar-refractivity contribution in [2.45, 2.75) is 6.61 Å². The third kappa shape index (κ3) is 2.97. The van der Waals surface area contributed by atoms with Crippen LogP contribution in [0.2, 0.25) is 0 Å². The van der Waals surface area contributed by atoms with Gasteiger partial charge in [0.25, 0.3) is 5.69 Å². The molecule has 0 N–H and O–H groups in total. The molecule has 0 radical (unpaired) electrons. The van der Waals surface area contributed by atoms with E-state index in [1.54, 1.807) is 24.3 Å². The SMILES string of the molecule is O=Cc1ccccc1OCc1cc(F)ccc1[N+](=O)[O-]. The lowest BCUT2D eigenvalue weighted by Crippen LogP contribution is -2.02. The van der Waals surface area contributed by atoms with Crippen LogP contribution in [0.25, 0.3) is 0 Å². The fourth-order valence-corrected chi connectivity index (χ4v) is 1.71. The Morgan fingerprint density at radius 1 is 1.25 bits per heavy atom. The van der Waals surface area contributed by atoms with Crippen LogP contribution in [0.5, 0.6) is 5.75 Å². The number of carbonyl (C=O) groups excluding carboxylic acids is 1. The highest BCUT2D eigenvalue weighted by molar-refractivity contribution is 5.79. The van der Waals surface area contributed by atoms with Crippen molar-refractivity contribution in [3.05, 3.63) is 69.5 Å². The molecule has 0 aliphatic rings. The van der Waals surface area contributed by atoms with E-state index in [-0.39, 0.29) is 17.9 Å². The van der Waals surface area contributed by atoms with E-state index >= 15 is 0 Å². The lowest BCUT2D eigenvalue weighted by Gasteiger charge is -2.08. The highest BCUT2D eigenvalue weighted by Gasteiger charge is 2.15. The summed E-state index contributed by atoms with van der Waals surface area (Å²) in [5, 5.41) is 10.8. The zero-order valence-corrected chi connectivity index (χ0v) is 10.3. The molecule has 0 saturated carbocycles. The Labute approximate surface area is 113 Å². The number of carbonyl (C=O) groups is 1. The summed E-state index contributed by atoms with van der Waals surface area (Å²) in [5.74, 6) is -0.293. The first kappa shape index (κ1) is 13.7. The first-order valence-electron chi connectivity index (χ1n) is 5.71. The van der Waals surface area contributed by atoms with Crippen LogP contribution in [0.3, 0.4) is 0 Å². The maximum absolute atomic E-state index is 13.1. The van der Waals surface area contributed by atoms with Crippen molar-refractivity contribution >= 4 is 12.0 Å². The lowest BCUT2D eigenvalue weighted by atomic mass is 10.2. The standard InChI is InChI=1S/C14H10FNO4/c15-12-5-6-13(16(18)19)11(7-12)9-20-14-4-2-1-3-10(14)8-17/h1-8H,9H2. The molecule has 2 rings (SSSR count). The van der Waals surface area contributed by atoms with Gasteiger partial charge in [-0.15, -0.1) is 0 Å². The van der Waals surface area contributed by atoms with Gasteiger partial charge in [-0.3, -0.25) is 14.9 Å². The van der Waals surface area contributed by atoms with Gasteiger partial charge in [0.15, 0.2) is 6.29 Å². The van der Waals surface area contributed by atoms with E-state index in [4.69, 9.17) is 4.74 Å². The summed E-state index contributed by atoms with van der Waals surface area (Å²) in [5.41, 5.74) is 0.206. The number of nitro benzene ring substituents is 1. The van der Waals surface area contributed by atoms with Crippen LogP contribution >= 0.6 is 0 Å². The molecule has 2 aromatic rings. The van der Waals surface area contributed by atoms with Gasteiger partial charge in [-0.25, -0.2) is 4.39 Å². The third-order valence-corrected chi connectivity index (χ3v) is 2.67. The molecule has 0 bridgehead atoms. The van der Waals surface area contributed by atoms with Crippen LogP contribution in [-0.4, -0.2) is 11.2 Å². The summed E-state index contributed by atoms with van der Waals surface area (Å²) in [6, 6.07) is 9.60. The molecule has 102 valence electrons. The molecule has 0 atom stereocenters. The molecule has 0 unspecified atom stereocenters. The molecule has 2 aromatic carbocycles. The van der Waals surface area contributed by atoms with Crippen molar-refractivity contribution in [1.82, 2.24) is 0 Å². The average molecular weight is 275 g/mol. The van der Waals surface area contributed by atoms with Crippen LogP contribution in [-0.2, 0) is 6.61 Å². The molecular formula is C14H10FNO4. The zero-order valence-electron chi connectivity index (χ0n) is 10.3. The summed E-state index contributed by atoms with van der Waals surface area (Å²) in [6.07, 6.45) is 0.620. The van der Waals surface area contributed by atoms with Gasteiger partial charge in [0.1, 0.15) is 18.2 Å². The summed E-state index contributed by atoms with van der Waals surface area (Å²) in [6.45, 7) is -0.196. The van der Waals surface area contributed by atoms with Gasteiger partial charge in [0.2, 0.25) is 0 Å². The minimum Gasteiger partial charge on any atom is -0.488 e. The van der Waals surface area contributed by atoms with E-state index in [1.165, 1.54) is 0 Å². The normalized spacial score (nSPS) is 10.1. The van der Waals surface area contributed by atoms with Crippen LogP contribution in [0.1, 0.15) is 15.9 Å². The first-order valence-corrected chi connectivity index (χ1v) is 5.71. The molecule has 0 saturated heterocycles. The monoisotopic (exact) mass is 275 g/mol. The molecule has 0 aliphatic carbocycles. The molecule has 0 fully saturated rings. The van der Waals surface area contributed by atoms with Gasteiger partial charge >= 0.3 is 0 Å². The number of hydrogen-bond donors (Lipinski definition) is 0. The van der Waals surface area contributed by atoms with Gasteiger partial charge in [0, 0.05) is 6.07 Å². The van der Waals surface area contributed by atoms with E-state index in [0.717, 1.165) is 18.2 Å². The number of para-hydroxylation sites is 1.